The summed E-state index contributed by atoms with van der Waals surface area (Å²) in [6.07, 6.45) is 7.20. The number of likely N-dealkylation sites (tertiary alicyclic amines) is 1. The number of rotatable bonds is 5. The maximum absolute atomic E-state index is 13.0. The van der Waals surface area contributed by atoms with Crippen molar-refractivity contribution >= 4 is 17.7 Å². The SMILES string of the molecule is Cc1cc(C2CN([C@H]3CCCC[C@@H]3Oc3ccc4c(c3)CN(C3CCC(=O)NC3=O)C4=O)C2)ccn1. The van der Waals surface area contributed by atoms with E-state index in [-0.39, 0.29) is 30.2 Å². The lowest BCUT2D eigenvalue weighted by atomic mass is 9.84. The van der Waals surface area contributed by atoms with Gasteiger partial charge in [0.1, 0.15) is 17.9 Å². The van der Waals surface area contributed by atoms with Crippen LogP contribution in [0.3, 0.4) is 0 Å². The number of hydrogen-bond acceptors (Lipinski definition) is 6. The van der Waals surface area contributed by atoms with Crippen LogP contribution in [0.5, 0.6) is 5.75 Å². The molecule has 3 amide bonds. The van der Waals surface area contributed by atoms with Gasteiger partial charge < -0.3 is 9.64 Å². The third-order valence-electron chi connectivity index (χ3n) is 8.22. The molecular formula is C28H32N4O4. The zero-order valence-corrected chi connectivity index (χ0v) is 20.6. The number of aryl methyl sites for hydroxylation is 1. The highest BCUT2D eigenvalue weighted by atomic mass is 16.5. The molecule has 2 aromatic rings. The van der Waals surface area contributed by atoms with Crippen molar-refractivity contribution in [1.29, 1.82) is 0 Å². The highest BCUT2D eigenvalue weighted by Gasteiger charge is 2.41. The number of aromatic nitrogens is 1. The predicted octanol–water partition coefficient (Wildman–Crippen LogP) is 2.94. The Balaban J connectivity index is 1.12. The summed E-state index contributed by atoms with van der Waals surface area (Å²) in [4.78, 5) is 45.3. The lowest BCUT2D eigenvalue weighted by molar-refractivity contribution is -0.136. The van der Waals surface area contributed by atoms with Crippen molar-refractivity contribution < 1.29 is 19.1 Å². The molecule has 1 N–H and O–H groups in total. The molecule has 2 saturated heterocycles. The fraction of sp³-hybridized carbons (Fsp3) is 0.500. The number of nitrogens with zero attached hydrogens (tertiary/aromatic N) is 3. The van der Waals surface area contributed by atoms with Crippen molar-refractivity contribution in [1.82, 2.24) is 20.1 Å². The predicted molar refractivity (Wildman–Crippen MR) is 132 cm³/mol. The Morgan fingerprint density at radius 2 is 1.86 bits per heavy atom. The van der Waals surface area contributed by atoms with Crippen LogP contribution in [0.15, 0.2) is 36.5 Å². The molecule has 0 bridgehead atoms. The average Bonchev–Trinajstić information content (AvgIpc) is 3.15. The van der Waals surface area contributed by atoms with Gasteiger partial charge in [-0.15, -0.1) is 0 Å². The van der Waals surface area contributed by atoms with Crippen molar-refractivity contribution in [2.45, 2.75) is 76.1 Å². The summed E-state index contributed by atoms with van der Waals surface area (Å²) in [5.74, 6) is 0.523. The van der Waals surface area contributed by atoms with Crippen molar-refractivity contribution in [2.24, 2.45) is 0 Å². The molecule has 1 unspecified atom stereocenters. The topological polar surface area (TPSA) is 91.8 Å². The average molecular weight is 489 g/mol. The molecule has 8 nitrogen and oxygen atoms in total. The zero-order chi connectivity index (χ0) is 24.8. The van der Waals surface area contributed by atoms with Gasteiger partial charge in [0, 0.05) is 55.5 Å². The van der Waals surface area contributed by atoms with Crippen molar-refractivity contribution in [2.75, 3.05) is 13.1 Å². The van der Waals surface area contributed by atoms with Gasteiger partial charge in [0.05, 0.1) is 0 Å². The second-order valence-corrected chi connectivity index (χ2v) is 10.6. The first-order valence-electron chi connectivity index (χ1n) is 13.1. The maximum Gasteiger partial charge on any atom is 0.255 e. The van der Waals surface area contributed by atoms with Crippen LogP contribution in [0.4, 0.5) is 0 Å². The van der Waals surface area contributed by atoms with Gasteiger partial charge in [-0.3, -0.25) is 29.6 Å². The molecule has 4 heterocycles. The van der Waals surface area contributed by atoms with E-state index in [2.05, 4.69) is 27.3 Å². The van der Waals surface area contributed by atoms with Crippen LogP contribution < -0.4 is 10.1 Å². The van der Waals surface area contributed by atoms with Gasteiger partial charge in [-0.1, -0.05) is 6.42 Å². The van der Waals surface area contributed by atoms with Crippen LogP contribution >= 0.6 is 0 Å². The summed E-state index contributed by atoms with van der Waals surface area (Å²) < 4.78 is 6.56. The number of pyridine rings is 1. The monoisotopic (exact) mass is 488 g/mol. The van der Waals surface area contributed by atoms with Gasteiger partial charge in [-0.05, 0) is 74.1 Å². The number of hydrogen-bond donors (Lipinski definition) is 1. The Labute approximate surface area is 211 Å². The number of piperidine rings is 1. The van der Waals surface area contributed by atoms with E-state index in [1.54, 1.807) is 4.90 Å². The molecule has 8 heteroatoms. The van der Waals surface area contributed by atoms with E-state index < -0.39 is 6.04 Å². The van der Waals surface area contributed by atoms with Gasteiger partial charge in [-0.25, -0.2) is 0 Å². The highest BCUT2D eigenvalue weighted by molar-refractivity contribution is 6.05. The first kappa shape index (κ1) is 23.2. The minimum atomic E-state index is -0.599. The molecule has 4 aliphatic rings. The lowest BCUT2D eigenvalue weighted by Gasteiger charge is -2.48. The largest absolute Gasteiger partial charge is 0.489 e. The second-order valence-electron chi connectivity index (χ2n) is 10.6. The Morgan fingerprint density at radius 3 is 2.67 bits per heavy atom. The molecule has 1 saturated carbocycles. The molecule has 3 aliphatic heterocycles. The molecule has 1 aromatic carbocycles. The minimum Gasteiger partial charge on any atom is -0.489 e. The van der Waals surface area contributed by atoms with Crippen LogP contribution in [0.1, 0.15) is 71.6 Å². The van der Waals surface area contributed by atoms with Crippen LogP contribution in [0.2, 0.25) is 0 Å². The first-order valence-corrected chi connectivity index (χ1v) is 13.1. The van der Waals surface area contributed by atoms with E-state index in [0.717, 1.165) is 49.4 Å². The van der Waals surface area contributed by atoms with Crippen LogP contribution in [-0.4, -0.2) is 63.8 Å². The van der Waals surface area contributed by atoms with E-state index in [1.807, 2.05) is 31.3 Å². The molecule has 1 aliphatic carbocycles. The Bertz CT molecular complexity index is 1210. The molecule has 6 rings (SSSR count). The van der Waals surface area contributed by atoms with E-state index >= 15 is 0 Å². The molecule has 0 radical (unpaired) electrons. The van der Waals surface area contributed by atoms with Crippen molar-refractivity contribution in [3.05, 3.63) is 58.9 Å². The summed E-state index contributed by atoms with van der Waals surface area (Å²) in [7, 11) is 0. The van der Waals surface area contributed by atoms with E-state index in [1.165, 1.54) is 12.0 Å². The molecule has 3 atom stereocenters. The first-order chi connectivity index (χ1) is 17.5. The lowest BCUT2D eigenvalue weighted by Crippen LogP contribution is -2.57. The second kappa shape index (κ2) is 9.32. The van der Waals surface area contributed by atoms with Gasteiger partial charge in [0.2, 0.25) is 11.8 Å². The van der Waals surface area contributed by atoms with Crippen molar-refractivity contribution in [3.8, 4) is 5.75 Å². The molecule has 36 heavy (non-hydrogen) atoms. The standard InChI is InChI=1S/C28H32N4O4/c1-17-12-18(10-11-29-17)20-14-31(15-20)23-4-2-3-5-25(23)36-21-6-7-22-19(13-21)16-32(28(22)35)24-8-9-26(33)30-27(24)34/h6-7,10-13,20,23-25H,2-5,8-9,14-16H2,1H3,(H,30,33,34)/t23-,24?,25-/m0/s1. The molecule has 0 spiro atoms. The summed E-state index contributed by atoms with van der Waals surface area (Å²) in [6, 6.07) is 9.79. The van der Waals surface area contributed by atoms with E-state index in [9.17, 15) is 14.4 Å². The number of amides is 3. The third-order valence-corrected chi connectivity index (χ3v) is 8.22. The summed E-state index contributed by atoms with van der Waals surface area (Å²) in [5, 5.41) is 2.36. The smallest absolute Gasteiger partial charge is 0.255 e. The van der Waals surface area contributed by atoms with Crippen molar-refractivity contribution in [3.63, 3.8) is 0 Å². The van der Waals surface area contributed by atoms with Gasteiger partial charge in [0.15, 0.2) is 0 Å². The quantitative estimate of drug-likeness (QED) is 0.651. The molecular weight excluding hydrogens is 456 g/mol. The number of nitrogens with one attached hydrogen (secondary N) is 1. The zero-order valence-electron chi connectivity index (χ0n) is 20.6. The number of fused-ring (bicyclic) bond motifs is 1. The Kier molecular flexibility index (Phi) is 5.99. The van der Waals surface area contributed by atoms with Crippen LogP contribution in [0.25, 0.3) is 0 Å². The fourth-order valence-electron chi connectivity index (χ4n) is 6.25. The van der Waals surface area contributed by atoms with Gasteiger partial charge in [0.25, 0.3) is 5.91 Å². The number of ether oxygens (including phenoxy) is 1. The third kappa shape index (κ3) is 4.28. The van der Waals surface area contributed by atoms with Crippen LogP contribution in [-0.2, 0) is 16.1 Å². The number of imide groups is 1. The summed E-state index contributed by atoms with van der Waals surface area (Å²) in [6.45, 7) is 4.51. The van der Waals surface area contributed by atoms with Gasteiger partial charge >= 0.3 is 0 Å². The maximum atomic E-state index is 13.0. The number of benzene rings is 1. The normalized spacial score (nSPS) is 27.0. The Morgan fingerprint density at radius 1 is 1.03 bits per heavy atom. The van der Waals surface area contributed by atoms with E-state index in [0.29, 0.717) is 30.5 Å². The summed E-state index contributed by atoms with van der Waals surface area (Å²) in [5.41, 5.74) is 3.93. The Hall–Kier alpha value is -3.26. The molecule has 1 aromatic heterocycles. The minimum absolute atomic E-state index is 0.125. The van der Waals surface area contributed by atoms with E-state index in [4.69, 9.17) is 4.74 Å². The van der Waals surface area contributed by atoms with Crippen LogP contribution in [0, 0.1) is 6.92 Å². The number of carbonyl (C=O) groups is 3. The summed E-state index contributed by atoms with van der Waals surface area (Å²) >= 11 is 0. The number of carbonyl (C=O) groups excluding carboxylic acids is 3. The molecule has 188 valence electrons. The molecule has 3 fully saturated rings. The van der Waals surface area contributed by atoms with Gasteiger partial charge in [-0.2, -0.15) is 0 Å². The highest BCUT2D eigenvalue weighted by Crippen LogP contribution is 2.36. The fourth-order valence-corrected chi connectivity index (χ4v) is 6.25.